The van der Waals surface area contributed by atoms with Crippen LogP contribution in [-0.2, 0) is 31.8 Å². The third-order valence-corrected chi connectivity index (χ3v) is 4.90. The van der Waals surface area contributed by atoms with Crippen molar-refractivity contribution < 1.29 is 37.0 Å². The van der Waals surface area contributed by atoms with Crippen molar-refractivity contribution in [1.29, 1.82) is 0 Å². The van der Waals surface area contributed by atoms with Crippen molar-refractivity contribution in [3.05, 3.63) is 65.2 Å². The molecule has 0 amide bonds. The van der Waals surface area contributed by atoms with Crippen molar-refractivity contribution >= 4 is 23.9 Å². The number of alkyl halides is 3. The van der Waals surface area contributed by atoms with Gasteiger partial charge >= 0.3 is 18.1 Å². The Hall–Kier alpha value is -3.36. The fourth-order valence-electron chi connectivity index (χ4n) is 3.16. The Bertz CT molecular complexity index is 976. The van der Waals surface area contributed by atoms with E-state index >= 15 is 0 Å². The molecule has 1 atom stereocenters. The minimum Gasteiger partial charge on any atom is -0.425 e. The van der Waals surface area contributed by atoms with E-state index in [1.165, 1.54) is 6.92 Å². The molecule has 0 aliphatic heterocycles. The van der Waals surface area contributed by atoms with Crippen LogP contribution in [0, 0.1) is 5.92 Å². The number of esters is 2. The van der Waals surface area contributed by atoms with Gasteiger partial charge in [-0.15, -0.1) is 0 Å². The molecule has 0 aromatic heterocycles. The lowest BCUT2D eigenvalue weighted by Gasteiger charge is -2.27. The Labute approximate surface area is 196 Å². The number of rotatable bonds is 11. The second kappa shape index (κ2) is 12.2. The second-order valence-electron chi connectivity index (χ2n) is 8.05. The number of hydrogen-bond acceptors (Lipinski definition) is 6. The van der Waals surface area contributed by atoms with Crippen LogP contribution in [0.25, 0.3) is 0 Å². The molecule has 0 fully saturated rings. The largest absolute Gasteiger partial charge is 0.425 e. The molecular weight excluding hydrogens is 451 g/mol. The van der Waals surface area contributed by atoms with Crippen molar-refractivity contribution in [2.45, 2.75) is 52.6 Å². The van der Waals surface area contributed by atoms with Crippen molar-refractivity contribution in [3.63, 3.8) is 0 Å². The summed E-state index contributed by atoms with van der Waals surface area (Å²) < 4.78 is 50.0. The second-order valence-corrected chi connectivity index (χ2v) is 8.05. The highest BCUT2D eigenvalue weighted by molar-refractivity contribution is 5.85. The maximum Gasteiger partial charge on any atom is 0.416 e. The maximum atomic E-state index is 13.3. The summed E-state index contributed by atoms with van der Waals surface area (Å²) in [4.78, 5) is 36.9. The molecule has 34 heavy (non-hydrogen) atoms. The van der Waals surface area contributed by atoms with Crippen LogP contribution in [0.3, 0.4) is 0 Å². The Morgan fingerprint density at radius 1 is 1.03 bits per heavy atom. The van der Waals surface area contributed by atoms with Gasteiger partial charge in [-0.25, -0.2) is 0 Å². The lowest BCUT2D eigenvalue weighted by molar-refractivity contribution is -0.186. The van der Waals surface area contributed by atoms with Crippen molar-refractivity contribution in [2.75, 3.05) is 11.4 Å². The highest BCUT2D eigenvalue weighted by Gasteiger charge is 2.31. The predicted molar refractivity (Wildman–Crippen MR) is 120 cm³/mol. The third-order valence-electron chi connectivity index (χ3n) is 4.90. The summed E-state index contributed by atoms with van der Waals surface area (Å²) in [5, 5.41) is 0. The van der Waals surface area contributed by atoms with Crippen LogP contribution in [0.5, 0.6) is 0 Å². The average Bonchev–Trinajstić information content (AvgIpc) is 2.77. The van der Waals surface area contributed by atoms with E-state index in [0.29, 0.717) is 6.29 Å². The van der Waals surface area contributed by atoms with Crippen LogP contribution in [0.1, 0.15) is 55.1 Å². The SMILES string of the molecule is CC(OC(=O)CCCN(Cc1ccccc1)c1cc(C(F)(F)F)ccc1C=O)OC(=O)C(C)C. The average molecular weight is 479 g/mol. The van der Waals surface area contributed by atoms with Gasteiger partial charge in [0.05, 0.1) is 11.5 Å². The van der Waals surface area contributed by atoms with Gasteiger partial charge in [-0.2, -0.15) is 13.2 Å². The minimum atomic E-state index is -4.57. The van der Waals surface area contributed by atoms with Gasteiger partial charge in [0.15, 0.2) is 6.29 Å². The molecule has 184 valence electrons. The number of nitrogens with zero attached hydrogens (tertiary/aromatic N) is 1. The smallest absolute Gasteiger partial charge is 0.416 e. The van der Waals surface area contributed by atoms with E-state index in [9.17, 15) is 27.6 Å². The summed E-state index contributed by atoms with van der Waals surface area (Å²) in [6.07, 6.45) is -4.92. The fourth-order valence-corrected chi connectivity index (χ4v) is 3.16. The van der Waals surface area contributed by atoms with Crippen LogP contribution < -0.4 is 4.90 Å². The number of benzene rings is 2. The normalized spacial score (nSPS) is 12.2. The number of carbonyl (C=O) groups is 3. The molecule has 6 nitrogen and oxygen atoms in total. The van der Waals surface area contributed by atoms with Crippen LogP contribution in [0.4, 0.5) is 18.9 Å². The molecule has 0 N–H and O–H groups in total. The van der Waals surface area contributed by atoms with Gasteiger partial charge in [0.1, 0.15) is 0 Å². The first-order chi connectivity index (χ1) is 16.0. The zero-order valence-electron chi connectivity index (χ0n) is 19.3. The Morgan fingerprint density at radius 3 is 2.29 bits per heavy atom. The summed E-state index contributed by atoms with van der Waals surface area (Å²) >= 11 is 0. The molecule has 9 heteroatoms. The van der Waals surface area contributed by atoms with Gasteiger partial charge in [-0.05, 0) is 30.2 Å². The van der Waals surface area contributed by atoms with E-state index < -0.39 is 30.0 Å². The first-order valence-corrected chi connectivity index (χ1v) is 10.9. The van der Waals surface area contributed by atoms with Crippen LogP contribution >= 0.6 is 0 Å². The summed E-state index contributed by atoms with van der Waals surface area (Å²) in [7, 11) is 0. The van der Waals surface area contributed by atoms with Crippen LogP contribution in [-0.4, -0.2) is 31.1 Å². The molecule has 0 aliphatic carbocycles. The zero-order chi connectivity index (χ0) is 25.3. The minimum absolute atomic E-state index is 0.0513. The summed E-state index contributed by atoms with van der Waals surface area (Å²) in [6, 6.07) is 12.0. The highest BCUT2D eigenvalue weighted by Crippen LogP contribution is 2.33. The van der Waals surface area contributed by atoms with E-state index in [4.69, 9.17) is 9.47 Å². The van der Waals surface area contributed by atoms with Gasteiger partial charge < -0.3 is 14.4 Å². The quantitative estimate of drug-likeness (QED) is 0.244. The van der Waals surface area contributed by atoms with Gasteiger partial charge in [0.2, 0.25) is 6.29 Å². The molecule has 0 radical (unpaired) electrons. The van der Waals surface area contributed by atoms with E-state index in [0.717, 1.165) is 23.8 Å². The molecule has 2 rings (SSSR count). The molecule has 2 aromatic rings. The first kappa shape index (κ1) is 26.9. The number of carbonyl (C=O) groups excluding carboxylic acids is 3. The summed E-state index contributed by atoms with van der Waals surface area (Å²) in [5.41, 5.74) is 0.196. The maximum absolute atomic E-state index is 13.3. The van der Waals surface area contributed by atoms with Crippen LogP contribution in [0.2, 0.25) is 0 Å². The lowest BCUT2D eigenvalue weighted by atomic mass is 10.1. The van der Waals surface area contributed by atoms with Gasteiger partial charge in [0, 0.05) is 37.7 Å². The van der Waals surface area contributed by atoms with Crippen molar-refractivity contribution in [1.82, 2.24) is 0 Å². The summed E-state index contributed by atoms with van der Waals surface area (Å²) in [5.74, 6) is -1.48. The molecule has 0 saturated heterocycles. The number of aldehydes is 1. The van der Waals surface area contributed by atoms with E-state index in [1.54, 1.807) is 30.9 Å². The predicted octanol–water partition coefficient (Wildman–Crippen LogP) is 5.39. The molecule has 0 saturated carbocycles. The Kier molecular flexibility index (Phi) is 9.65. The zero-order valence-corrected chi connectivity index (χ0v) is 19.3. The van der Waals surface area contributed by atoms with E-state index in [2.05, 4.69) is 0 Å². The van der Waals surface area contributed by atoms with Crippen LogP contribution in [0.15, 0.2) is 48.5 Å². The van der Waals surface area contributed by atoms with Gasteiger partial charge in [-0.1, -0.05) is 44.2 Å². The van der Waals surface area contributed by atoms with Crippen molar-refractivity contribution in [2.24, 2.45) is 5.92 Å². The third kappa shape index (κ3) is 8.20. The Balaban J connectivity index is 2.14. The monoisotopic (exact) mass is 479 g/mol. The number of hydrogen-bond donors (Lipinski definition) is 0. The molecule has 2 aromatic carbocycles. The van der Waals surface area contributed by atoms with Crippen molar-refractivity contribution in [3.8, 4) is 0 Å². The number of ether oxygens (including phenoxy) is 2. The molecule has 0 heterocycles. The number of anilines is 1. The lowest BCUT2D eigenvalue weighted by Crippen LogP contribution is -2.27. The Morgan fingerprint density at radius 2 is 1.71 bits per heavy atom. The first-order valence-electron chi connectivity index (χ1n) is 10.9. The van der Waals surface area contributed by atoms with E-state index in [-0.39, 0.29) is 43.1 Å². The molecule has 0 spiro atoms. The number of halogens is 3. The highest BCUT2D eigenvalue weighted by atomic mass is 19.4. The fraction of sp³-hybridized carbons (Fsp3) is 0.400. The standard InChI is InChI=1S/C25H28F3NO5/c1-17(2)24(32)34-18(3)33-23(31)10-7-13-29(15-19-8-5-4-6-9-19)22-14-21(25(26,27)28)12-11-20(22)16-30/h4-6,8-9,11-12,14,16-18H,7,10,13,15H2,1-3H3. The topological polar surface area (TPSA) is 72.9 Å². The van der Waals surface area contributed by atoms with Gasteiger partial charge in [-0.3, -0.25) is 14.4 Å². The summed E-state index contributed by atoms with van der Waals surface area (Å²) in [6.45, 7) is 5.16. The molecular formula is C25H28F3NO5. The molecule has 0 aliphatic rings. The van der Waals surface area contributed by atoms with E-state index in [1.807, 2.05) is 18.2 Å². The van der Waals surface area contributed by atoms with Gasteiger partial charge in [0.25, 0.3) is 0 Å². The molecule has 0 bridgehead atoms. The molecule has 1 unspecified atom stereocenters.